The van der Waals surface area contributed by atoms with Gasteiger partial charge in [0.2, 0.25) is 11.8 Å². The quantitative estimate of drug-likeness (QED) is 0.112. The van der Waals surface area contributed by atoms with E-state index < -0.39 is 24.3 Å². The van der Waals surface area contributed by atoms with E-state index in [1.54, 1.807) is 0 Å². The number of hydrogen-bond donors (Lipinski definition) is 4. The van der Waals surface area contributed by atoms with Crippen LogP contribution in [0.15, 0.2) is 66.7 Å². The molecule has 2 aromatic heterocycles. The Morgan fingerprint density at radius 3 is 1.67 bits per heavy atom. The monoisotopic (exact) mass is 789 g/mol. The van der Waals surface area contributed by atoms with Crippen molar-refractivity contribution >= 4 is 45.9 Å². The van der Waals surface area contributed by atoms with Gasteiger partial charge in [-0.25, -0.2) is 14.6 Å². The van der Waals surface area contributed by atoms with E-state index in [1.165, 1.54) is 14.2 Å². The molecule has 0 aliphatic carbocycles. The molecule has 0 spiro atoms. The zero-order valence-corrected chi connectivity index (χ0v) is 34.6. The summed E-state index contributed by atoms with van der Waals surface area (Å²) in [5.74, 6) is 0.875. The van der Waals surface area contributed by atoms with Gasteiger partial charge in [0.25, 0.3) is 0 Å². The minimum Gasteiger partial charge on any atom is -0.453 e. The number of imidazole rings is 1. The highest BCUT2D eigenvalue weighted by Gasteiger charge is 2.41. The van der Waals surface area contributed by atoms with Gasteiger partial charge < -0.3 is 39.9 Å². The van der Waals surface area contributed by atoms with E-state index in [2.05, 4.69) is 95.1 Å². The fraction of sp³-hybridized carbons (Fsp3) is 0.444. The van der Waals surface area contributed by atoms with Crippen molar-refractivity contribution in [1.29, 1.82) is 0 Å². The van der Waals surface area contributed by atoms with E-state index >= 15 is 0 Å². The number of hydrogen-bond acceptors (Lipinski definition) is 7. The molecular formula is C45H55N7O6. The molecule has 6 atom stereocenters. The summed E-state index contributed by atoms with van der Waals surface area (Å²) in [6.07, 6.45) is 0.362. The Morgan fingerprint density at radius 1 is 0.655 bits per heavy atom. The number of aromatic nitrogens is 3. The first-order chi connectivity index (χ1) is 27.7. The Kier molecular flexibility index (Phi) is 11.5. The number of rotatable bonds is 10. The van der Waals surface area contributed by atoms with Crippen LogP contribution in [-0.2, 0) is 19.1 Å². The van der Waals surface area contributed by atoms with Gasteiger partial charge in [-0.3, -0.25) is 9.59 Å². The van der Waals surface area contributed by atoms with Crippen molar-refractivity contribution in [2.75, 3.05) is 27.3 Å². The third-order valence-corrected chi connectivity index (χ3v) is 11.7. The predicted octanol–water partition coefficient (Wildman–Crippen LogP) is 7.96. The van der Waals surface area contributed by atoms with Crippen LogP contribution in [0.3, 0.4) is 0 Å². The average Bonchev–Trinajstić information content (AvgIpc) is 4.01. The minimum absolute atomic E-state index is 0.0977. The largest absolute Gasteiger partial charge is 0.453 e. The van der Waals surface area contributed by atoms with Crippen molar-refractivity contribution in [2.24, 2.45) is 23.7 Å². The average molecular weight is 790 g/mol. The van der Waals surface area contributed by atoms with Crippen LogP contribution in [0.1, 0.15) is 78.0 Å². The smallest absolute Gasteiger partial charge is 0.407 e. The fourth-order valence-corrected chi connectivity index (χ4v) is 8.62. The molecular weight excluding hydrogens is 735 g/mol. The molecule has 0 saturated carbocycles. The maximum atomic E-state index is 13.8. The van der Waals surface area contributed by atoms with Crippen molar-refractivity contribution in [3.63, 3.8) is 0 Å². The van der Waals surface area contributed by atoms with E-state index in [0.29, 0.717) is 19.0 Å². The van der Waals surface area contributed by atoms with Crippen LogP contribution in [0.2, 0.25) is 0 Å². The van der Waals surface area contributed by atoms with Crippen LogP contribution in [-0.4, -0.2) is 88.1 Å². The number of carbonyl (C=O) groups excluding carboxylic acids is 4. The molecule has 306 valence electrons. The van der Waals surface area contributed by atoms with Crippen LogP contribution in [0.25, 0.3) is 44.2 Å². The van der Waals surface area contributed by atoms with Gasteiger partial charge in [-0.1, -0.05) is 84.0 Å². The van der Waals surface area contributed by atoms with E-state index in [1.807, 2.05) is 43.6 Å². The summed E-state index contributed by atoms with van der Waals surface area (Å²) in [6.45, 7) is 13.1. The Balaban J connectivity index is 1.08. The summed E-state index contributed by atoms with van der Waals surface area (Å²) in [7, 11) is 2.60. The first kappa shape index (κ1) is 40.4. The highest BCUT2D eigenvalue weighted by molar-refractivity contribution is 5.89. The van der Waals surface area contributed by atoms with Gasteiger partial charge in [0, 0.05) is 24.3 Å². The molecule has 5 aromatic rings. The van der Waals surface area contributed by atoms with Crippen LogP contribution in [0.4, 0.5) is 9.59 Å². The van der Waals surface area contributed by atoms with Crippen molar-refractivity contribution in [3.8, 4) is 22.3 Å². The lowest BCUT2D eigenvalue weighted by Gasteiger charge is -2.30. The molecule has 2 fully saturated rings. The number of alkyl carbamates (subject to hydrolysis) is 2. The molecule has 0 radical (unpaired) electrons. The highest BCUT2D eigenvalue weighted by Crippen LogP contribution is 2.39. The Hall–Kier alpha value is -5.85. The van der Waals surface area contributed by atoms with Crippen LogP contribution in [0.5, 0.6) is 0 Å². The summed E-state index contributed by atoms with van der Waals surface area (Å²) < 4.78 is 9.60. The molecule has 0 unspecified atom stereocenters. The zero-order valence-electron chi connectivity index (χ0n) is 34.6. The lowest BCUT2D eigenvalue weighted by molar-refractivity contribution is -0.136. The predicted molar refractivity (Wildman–Crippen MR) is 224 cm³/mol. The number of ether oxygens (including phenoxy) is 2. The minimum atomic E-state index is -0.702. The Labute approximate surface area is 339 Å². The molecule has 58 heavy (non-hydrogen) atoms. The SMILES string of the molecule is COC(=O)N[C@H](C(=O)N1C[C@@H](C)C[C@@H]1c1cc2ccc(-c3ccc(-c4ccc5nc([C@@H]6C[C@H](C)CN6C(=O)[C@@H](NC(=O)OC)C(C)C)[nH]c5c4)cc3)cc2[nH]1)C(C)C. The summed E-state index contributed by atoms with van der Waals surface area (Å²) >= 11 is 0. The van der Waals surface area contributed by atoms with E-state index in [9.17, 15) is 19.2 Å². The number of H-pyrrole nitrogens is 2. The van der Waals surface area contributed by atoms with Gasteiger partial charge in [-0.2, -0.15) is 0 Å². The number of amides is 4. The summed E-state index contributed by atoms with van der Waals surface area (Å²) in [5.41, 5.74) is 7.94. The lowest BCUT2D eigenvalue weighted by atomic mass is 9.99. The third-order valence-electron chi connectivity index (χ3n) is 11.7. The number of aromatic amines is 2. The number of likely N-dealkylation sites (tertiary alicyclic amines) is 2. The van der Waals surface area contributed by atoms with Crippen molar-refractivity contribution in [3.05, 3.63) is 78.2 Å². The Morgan fingerprint density at radius 2 is 1.14 bits per heavy atom. The van der Waals surface area contributed by atoms with Crippen molar-refractivity contribution < 1.29 is 28.7 Å². The summed E-state index contributed by atoms with van der Waals surface area (Å²) in [6, 6.07) is 21.4. The maximum absolute atomic E-state index is 13.8. The molecule has 0 bridgehead atoms. The number of nitrogens with zero attached hydrogens (tertiary/aromatic N) is 3. The van der Waals surface area contributed by atoms with Gasteiger partial charge in [-0.05, 0) is 88.4 Å². The first-order valence-corrected chi connectivity index (χ1v) is 20.3. The summed E-state index contributed by atoms with van der Waals surface area (Å²) in [4.78, 5) is 67.5. The van der Waals surface area contributed by atoms with Crippen LogP contribution >= 0.6 is 0 Å². The molecule has 13 heteroatoms. The summed E-state index contributed by atoms with van der Waals surface area (Å²) in [5, 5.41) is 6.53. The molecule has 2 aliphatic rings. The third kappa shape index (κ3) is 8.12. The zero-order chi connectivity index (χ0) is 41.4. The van der Waals surface area contributed by atoms with E-state index in [4.69, 9.17) is 14.5 Å². The number of carbonyl (C=O) groups is 4. The molecule has 7 rings (SSSR count). The maximum Gasteiger partial charge on any atom is 0.407 e. The highest BCUT2D eigenvalue weighted by atomic mass is 16.5. The van der Waals surface area contributed by atoms with E-state index in [0.717, 1.165) is 68.6 Å². The van der Waals surface area contributed by atoms with Gasteiger partial charge in [-0.15, -0.1) is 0 Å². The van der Waals surface area contributed by atoms with E-state index in [-0.39, 0.29) is 41.7 Å². The van der Waals surface area contributed by atoms with Crippen LogP contribution < -0.4 is 10.6 Å². The normalized spacial score (nSPS) is 20.5. The second kappa shape index (κ2) is 16.6. The standard InChI is InChI=1S/C45H55N7O6/c1-24(2)39(49-44(55)57-7)42(53)51-22-26(5)17-37(51)36-21-32-14-13-30(19-34(32)46-36)28-9-11-29(12-10-28)31-15-16-33-35(20-31)48-41(47-33)38-18-27(6)23-52(38)43(54)40(25(3)4)50-45(56)58-8/h9-16,19-21,24-27,37-40,46H,17-18,22-23H2,1-8H3,(H,47,48)(H,49,55)(H,50,56)/t26-,27-,37+,38-,39-,40-/m0/s1. The lowest BCUT2D eigenvalue weighted by Crippen LogP contribution is -2.51. The number of fused-ring (bicyclic) bond motifs is 2. The molecule has 3 aromatic carbocycles. The van der Waals surface area contributed by atoms with Gasteiger partial charge in [0.1, 0.15) is 17.9 Å². The van der Waals surface area contributed by atoms with Gasteiger partial charge in [0.05, 0.1) is 37.3 Å². The van der Waals surface area contributed by atoms with Crippen molar-refractivity contribution in [2.45, 2.75) is 78.6 Å². The second-order valence-corrected chi connectivity index (χ2v) is 16.9. The molecule has 2 aliphatic heterocycles. The van der Waals surface area contributed by atoms with Crippen molar-refractivity contribution in [1.82, 2.24) is 35.4 Å². The first-order valence-electron chi connectivity index (χ1n) is 20.3. The molecule has 2 saturated heterocycles. The number of benzene rings is 3. The molecule has 4 amide bonds. The molecule has 4 heterocycles. The molecule has 4 N–H and O–H groups in total. The van der Waals surface area contributed by atoms with Crippen LogP contribution in [0, 0.1) is 23.7 Å². The second-order valence-electron chi connectivity index (χ2n) is 16.9. The fourth-order valence-electron chi connectivity index (χ4n) is 8.62. The number of nitrogens with one attached hydrogen (secondary N) is 4. The van der Waals surface area contributed by atoms with Gasteiger partial charge >= 0.3 is 12.2 Å². The van der Waals surface area contributed by atoms with Gasteiger partial charge in [0.15, 0.2) is 0 Å². The molecule has 13 nitrogen and oxygen atoms in total. The number of methoxy groups -OCH3 is 2. The topological polar surface area (TPSA) is 162 Å². The Bertz CT molecular complexity index is 2150.